The summed E-state index contributed by atoms with van der Waals surface area (Å²) in [6, 6.07) is 53.0. The van der Waals surface area contributed by atoms with Crippen molar-refractivity contribution < 1.29 is 0 Å². The average Bonchev–Trinajstić information content (AvgIpc) is 3.89. The zero-order chi connectivity index (χ0) is 31.8. The van der Waals surface area contributed by atoms with Crippen molar-refractivity contribution in [2.75, 3.05) is 0 Å². The number of hydrogen-bond donors (Lipinski definition) is 0. The lowest BCUT2D eigenvalue weighted by Crippen LogP contribution is -1.97. The molecule has 0 fully saturated rings. The van der Waals surface area contributed by atoms with Crippen molar-refractivity contribution in [1.82, 2.24) is 18.5 Å². The van der Waals surface area contributed by atoms with Crippen LogP contribution in [0.25, 0.3) is 104 Å². The molecule has 4 nitrogen and oxygen atoms in total. The van der Waals surface area contributed by atoms with Crippen LogP contribution < -0.4 is 0 Å². The SMILES string of the molecule is c1ccc(-n2c3ccccc3c3c(-n4c5ccccc5c5c6c7c8ccccc8ccc7n7c8ccccc8c(cc54)c67)cncc32)cc1. The van der Waals surface area contributed by atoms with Crippen LogP contribution in [0.3, 0.4) is 0 Å². The van der Waals surface area contributed by atoms with E-state index in [2.05, 4.69) is 165 Å². The Labute approximate surface area is 279 Å². The van der Waals surface area contributed by atoms with Gasteiger partial charge in [-0.05, 0) is 53.2 Å². The van der Waals surface area contributed by atoms with E-state index < -0.39 is 0 Å². The highest BCUT2D eigenvalue weighted by Crippen LogP contribution is 2.49. The molecule has 0 spiro atoms. The third kappa shape index (κ3) is 3.07. The molecule has 4 heteroatoms. The second-order valence-electron chi connectivity index (χ2n) is 13.2. The van der Waals surface area contributed by atoms with Gasteiger partial charge in [0.25, 0.3) is 0 Å². The maximum Gasteiger partial charge on any atom is 0.0745 e. The molecular formula is C45H26N4. The third-order valence-corrected chi connectivity index (χ3v) is 10.8. The van der Waals surface area contributed by atoms with E-state index in [1.54, 1.807) is 0 Å². The van der Waals surface area contributed by atoms with Crippen molar-refractivity contribution >= 4 is 92.5 Å². The van der Waals surface area contributed by atoms with E-state index in [1.807, 2.05) is 6.20 Å². The second kappa shape index (κ2) is 9.03. The fourth-order valence-corrected chi connectivity index (χ4v) is 8.95. The maximum absolute atomic E-state index is 4.95. The summed E-state index contributed by atoms with van der Waals surface area (Å²) in [5.41, 5.74) is 10.6. The normalized spacial score (nSPS) is 12.5. The first-order valence-electron chi connectivity index (χ1n) is 16.8. The van der Waals surface area contributed by atoms with Crippen LogP contribution in [0, 0.1) is 0 Å². The van der Waals surface area contributed by atoms with E-state index in [0.717, 1.165) is 16.9 Å². The van der Waals surface area contributed by atoms with Gasteiger partial charge in [0.15, 0.2) is 0 Å². The van der Waals surface area contributed by atoms with Gasteiger partial charge in [0.2, 0.25) is 0 Å². The number of pyridine rings is 1. The van der Waals surface area contributed by atoms with E-state index >= 15 is 0 Å². The number of fused-ring (bicyclic) bond motifs is 15. The molecule has 0 saturated heterocycles. The molecule has 7 aromatic carbocycles. The van der Waals surface area contributed by atoms with Gasteiger partial charge in [-0.2, -0.15) is 0 Å². The molecule has 12 aromatic rings. The minimum Gasteiger partial charge on any atom is -0.308 e. The predicted octanol–water partition coefficient (Wildman–Crippen LogP) is 11.6. The molecule has 5 heterocycles. The molecule has 0 radical (unpaired) electrons. The van der Waals surface area contributed by atoms with Crippen molar-refractivity contribution in [2.24, 2.45) is 0 Å². The molecule has 226 valence electrons. The molecule has 12 rings (SSSR count). The molecule has 0 unspecified atom stereocenters. The molecule has 0 aliphatic rings. The molecule has 0 saturated carbocycles. The summed E-state index contributed by atoms with van der Waals surface area (Å²) in [5, 5.41) is 12.7. The molecule has 49 heavy (non-hydrogen) atoms. The van der Waals surface area contributed by atoms with Crippen LogP contribution in [-0.4, -0.2) is 18.5 Å². The number of hydrogen-bond acceptors (Lipinski definition) is 1. The van der Waals surface area contributed by atoms with Crippen molar-refractivity contribution in [2.45, 2.75) is 0 Å². The first-order valence-corrected chi connectivity index (χ1v) is 16.8. The van der Waals surface area contributed by atoms with Crippen molar-refractivity contribution in [3.63, 3.8) is 0 Å². The van der Waals surface area contributed by atoms with Crippen molar-refractivity contribution in [3.05, 3.63) is 158 Å². The van der Waals surface area contributed by atoms with Gasteiger partial charge in [-0.3, -0.25) is 4.98 Å². The van der Waals surface area contributed by atoms with E-state index in [-0.39, 0.29) is 0 Å². The smallest absolute Gasteiger partial charge is 0.0745 e. The Kier molecular flexibility index (Phi) is 4.69. The van der Waals surface area contributed by atoms with E-state index in [9.17, 15) is 0 Å². The van der Waals surface area contributed by atoms with Gasteiger partial charge in [0.1, 0.15) is 0 Å². The lowest BCUT2D eigenvalue weighted by atomic mass is 9.98. The molecule has 0 aliphatic carbocycles. The first-order chi connectivity index (χ1) is 24.4. The minimum atomic E-state index is 1.08. The number of nitrogens with zero attached hydrogens (tertiary/aromatic N) is 4. The fourth-order valence-electron chi connectivity index (χ4n) is 8.95. The summed E-state index contributed by atoms with van der Waals surface area (Å²) in [6.07, 6.45) is 4.08. The van der Waals surface area contributed by atoms with Gasteiger partial charge in [-0.25, -0.2) is 0 Å². The van der Waals surface area contributed by atoms with Crippen LogP contribution in [0.2, 0.25) is 0 Å². The maximum atomic E-state index is 4.95. The molecule has 0 N–H and O–H groups in total. The molecule has 5 aromatic heterocycles. The molecule has 0 aliphatic heterocycles. The Morgan fingerprint density at radius 3 is 1.82 bits per heavy atom. The van der Waals surface area contributed by atoms with Crippen LogP contribution in [0.15, 0.2) is 158 Å². The van der Waals surface area contributed by atoms with Gasteiger partial charge < -0.3 is 13.5 Å². The average molecular weight is 623 g/mol. The van der Waals surface area contributed by atoms with Gasteiger partial charge in [-0.15, -0.1) is 0 Å². The molecule has 0 bridgehead atoms. The van der Waals surface area contributed by atoms with Crippen LogP contribution in [0.4, 0.5) is 0 Å². The zero-order valence-corrected chi connectivity index (χ0v) is 26.3. The highest BCUT2D eigenvalue weighted by molar-refractivity contribution is 6.39. The van der Waals surface area contributed by atoms with E-state index in [1.165, 1.54) is 87.0 Å². The number of para-hydroxylation sites is 4. The molecule has 0 atom stereocenters. The number of rotatable bonds is 2. The van der Waals surface area contributed by atoms with Crippen LogP contribution in [0.5, 0.6) is 0 Å². The molecule has 0 amide bonds. The standard InChI is InChI=1S/C45H26N4/c1-2-13-28(14-3-1)47-35-20-10-7-17-31(35)41-39(47)25-46-26-40(41)48-36-21-11-8-18-32(36)43-38(48)24-33-30-16-6-9-19-34(30)49-37-23-22-27-12-4-5-15-29(27)42(37)44(43)45(33)49/h1-26H. The number of benzene rings is 7. The highest BCUT2D eigenvalue weighted by Gasteiger charge is 2.26. The lowest BCUT2D eigenvalue weighted by molar-refractivity contribution is 1.14. The van der Waals surface area contributed by atoms with Crippen LogP contribution >= 0.6 is 0 Å². The fraction of sp³-hybridized carbons (Fsp3) is 0. The summed E-state index contributed by atoms with van der Waals surface area (Å²) < 4.78 is 7.33. The Hall–Kier alpha value is -6.65. The zero-order valence-electron chi connectivity index (χ0n) is 26.3. The summed E-state index contributed by atoms with van der Waals surface area (Å²) >= 11 is 0. The largest absolute Gasteiger partial charge is 0.308 e. The molecular weight excluding hydrogens is 597 g/mol. The minimum absolute atomic E-state index is 1.08. The van der Waals surface area contributed by atoms with Gasteiger partial charge in [0, 0.05) is 48.8 Å². The van der Waals surface area contributed by atoms with Gasteiger partial charge in [0.05, 0.1) is 56.7 Å². The Morgan fingerprint density at radius 1 is 0.367 bits per heavy atom. The third-order valence-electron chi connectivity index (χ3n) is 10.8. The second-order valence-corrected chi connectivity index (χ2v) is 13.2. The predicted molar refractivity (Wildman–Crippen MR) is 205 cm³/mol. The van der Waals surface area contributed by atoms with Crippen LogP contribution in [0.1, 0.15) is 0 Å². The topological polar surface area (TPSA) is 27.2 Å². The van der Waals surface area contributed by atoms with Gasteiger partial charge in [-0.1, -0.05) is 103 Å². The Morgan fingerprint density at radius 2 is 1.00 bits per heavy atom. The Balaban J connectivity index is 1.35. The number of aromatic nitrogens is 4. The van der Waals surface area contributed by atoms with E-state index in [4.69, 9.17) is 4.98 Å². The van der Waals surface area contributed by atoms with Crippen molar-refractivity contribution in [3.8, 4) is 11.4 Å². The van der Waals surface area contributed by atoms with Crippen molar-refractivity contribution in [1.29, 1.82) is 0 Å². The monoisotopic (exact) mass is 622 g/mol. The van der Waals surface area contributed by atoms with Gasteiger partial charge >= 0.3 is 0 Å². The van der Waals surface area contributed by atoms with Crippen LogP contribution in [-0.2, 0) is 0 Å². The quantitative estimate of drug-likeness (QED) is 0.188. The summed E-state index contributed by atoms with van der Waals surface area (Å²) in [7, 11) is 0. The summed E-state index contributed by atoms with van der Waals surface area (Å²) in [6.45, 7) is 0. The summed E-state index contributed by atoms with van der Waals surface area (Å²) in [5.74, 6) is 0. The lowest BCUT2D eigenvalue weighted by Gasteiger charge is -2.11. The Bertz CT molecular complexity index is 3320. The highest BCUT2D eigenvalue weighted by atomic mass is 15.0. The summed E-state index contributed by atoms with van der Waals surface area (Å²) in [4.78, 5) is 4.95. The first kappa shape index (κ1) is 25.4. The van der Waals surface area contributed by atoms with E-state index in [0.29, 0.717) is 0 Å².